The molecule has 1 amide bonds. The van der Waals surface area contributed by atoms with Crippen molar-refractivity contribution < 1.29 is 13.2 Å². The molecule has 1 atom stereocenters. The van der Waals surface area contributed by atoms with Gasteiger partial charge in [-0.2, -0.15) is 0 Å². The first-order valence-electron chi connectivity index (χ1n) is 6.78. The summed E-state index contributed by atoms with van der Waals surface area (Å²) in [6.45, 7) is 0.270. The van der Waals surface area contributed by atoms with Crippen LogP contribution >= 0.6 is 11.6 Å². The van der Waals surface area contributed by atoms with Crippen molar-refractivity contribution in [2.75, 3.05) is 5.75 Å². The summed E-state index contributed by atoms with van der Waals surface area (Å²) in [4.78, 5) is 13.6. The highest BCUT2D eigenvalue weighted by Crippen LogP contribution is 2.35. The zero-order valence-electron chi connectivity index (χ0n) is 11.6. The van der Waals surface area contributed by atoms with Gasteiger partial charge in [0.05, 0.1) is 0 Å². The maximum Gasteiger partial charge on any atom is 0.239 e. The molecular weight excluding hydrogens is 322 g/mol. The normalized spacial score (nSPS) is 20.3. The van der Waals surface area contributed by atoms with Gasteiger partial charge in [-0.1, -0.05) is 54.1 Å². The van der Waals surface area contributed by atoms with Crippen molar-refractivity contribution in [3.8, 4) is 0 Å². The maximum atomic E-state index is 12.4. The average molecular weight is 336 g/mol. The number of halogens is 1. The van der Waals surface area contributed by atoms with Gasteiger partial charge in [0.25, 0.3) is 0 Å². The Hall–Kier alpha value is -1.85. The smallest absolute Gasteiger partial charge is 0.239 e. The van der Waals surface area contributed by atoms with Crippen LogP contribution in [0.4, 0.5) is 0 Å². The molecule has 2 aromatic rings. The van der Waals surface area contributed by atoms with Gasteiger partial charge in [0, 0.05) is 11.6 Å². The molecule has 1 saturated heterocycles. The summed E-state index contributed by atoms with van der Waals surface area (Å²) in [7, 11) is -3.54. The van der Waals surface area contributed by atoms with Crippen LogP contribution in [0.1, 0.15) is 16.5 Å². The van der Waals surface area contributed by atoms with Crippen LogP contribution < -0.4 is 0 Å². The van der Waals surface area contributed by atoms with Crippen LogP contribution in [0.2, 0.25) is 5.02 Å². The number of hydrogen-bond acceptors (Lipinski definition) is 3. The van der Waals surface area contributed by atoms with Gasteiger partial charge >= 0.3 is 0 Å². The lowest BCUT2D eigenvalue weighted by Gasteiger charge is -2.24. The van der Waals surface area contributed by atoms with Crippen LogP contribution in [0.25, 0.3) is 0 Å². The van der Waals surface area contributed by atoms with Crippen molar-refractivity contribution in [3.63, 3.8) is 0 Å². The number of rotatable bonds is 3. The van der Waals surface area contributed by atoms with Gasteiger partial charge in [0.2, 0.25) is 5.91 Å². The summed E-state index contributed by atoms with van der Waals surface area (Å²) in [5, 5.41) is -0.419. The molecule has 0 aliphatic carbocycles. The molecule has 1 fully saturated rings. The van der Waals surface area contributed by atoms with Gasteiger partial charge in [-0.25, -0.2) is 8.42 Å². The van der Waals surface area contributed by atoms with Crippen molar-refractivity contribution in [1.29, 1.82) is 0 Å². The third-order valence-electron chi connectivity index (χ3n) is 3.62. The van der Waals surface area contributed by atoms with Crippen LogP contribution in [0.5, 0.6) is 0 Å². The van der Waals surface area contributed by atoms with Crippen molar-refractivity contribution in [2.45, 2.75) is 11.9 Å². The Bertz CT molecular complexity index is 788. The summed E-state index contributed by atoms with van der Waals surface area (Å²) >= 11 is 5.85. The van der Waals surface area contributed by atoms with E-state index in [0.717, 1.165) is 5.56 Å². The molecule has 1 heterocycles. The first kappa shape index (κ1) is 15.1. The second-order valence-electron chi connectivity index (χ2n) is 5.22. The molecule has 114 valence electrons. The lowest BCUT2D eigenvalue weighted by molar-refractivity contribution is -0.128. The van der Waals surface area contributed by atoms with E-state index >= 15 is 0 Å². The molecule has 0 bridgehead atoms. The lowest BCUT2D eigenvalue weighted by Crippen LogP contribution is -2.28. The number of sulfone groups is 1. The zero-order chi connectivity index (χ0) is 15.7. The third-order valence-corrected chi connectivity index (χ3v) is 5.73. The van der Waals surface area contributed by atoms with E-state index in [4.69, 9.17) is 11.6 Å². The van der Waals surface area contributed by atoms with Gasteiger partial charge in [0.15, 0.2) is 15.2 Å². The van der Waals surface area contributed by atoms with Crippen LogP contribution in [0, 0.1) is 0 Å². The van der Waals surface area contributed by atoms with Crippen molar-refractivity contribution >= 4 is 27.3 Å². The summed E-state index contributed by atoms with van der Waals surface area (Å²) in [6.07, 6.45) is 0. The Morgan fingerprint density at radius 2 is 1.68 bits per heavy atom. The molecular formula is C16H14ClNO3S. The molecule has 1 aliphatic rings. The topological polar surface area (TPSA) is 54.5 Å². The second-order valence-corrected chi connectivity index (χ2v) is 7.72. The van der Waals surface area contributed by atoms with E-state index < -0.39 is 21.0 Å². The fourth-order valence-corrected chi connectivity index (χ4v) is 4.57. The molecule has 1 aliphatic heterocycles. The quantitative estimate of drug-likeness (QED) is 0.866. The Labute approximate surface area is 134 Å². The predicted octanol–water partition coefficient (Wildman–Crippen LogP) is 2.80. The second kappa shape index (κ2) is 5.74. The fraction of sp³-hybridized carbons (Fsp3) is 0.188. The summed E-state index contributed by atoms with van der Waals surface area (Å²) < 4.78 is 24.7. The van der Waals surface area contributed by atoms with Gasteiger partial charge in [-0.15, -0.1) is 0 Å². The minimum Gasteiger partial charge on any atom is -0.317 e. The molecule has 4 nitrogen and oxygen atoms in total. The minimum absolute atomic E-state index is 0.270. The standard InChI is InChI=1S/C16H14ClNO3S/c17-14-8-6-13(7-9-14)16-18(15(19)11-22(16,20)21)10-12-4-2-1-3-5-12/h1-9,16H,10-11H2/t16-/m0/s1. The van der Waals surface area contributed by atoms with Gasteiger partial charge in [-0.3, -0.25) is 4.79 Å². The van der Waals surface area contributed by atoms with Crippen LogP contribution in [-0.4, -0.2) is 25.0 Å². The molecule has 0 aromatic heterocycles. The molecule has 2 aromatic carbocycles. The minimum atomic E-state index is -3.54. The number of benzene rings is 2. The van der Waals surface area contributed by atoms with Gasteiger partial charge in [0.1, 0.15) is 5.75 Å². The number of nitrogens with zero attached hydrogens (tertiary/aromatic N) is 1. The number of carbonyl (C=O) groups excluding carboxylic acids is 1. The van der Waals surface area contributed by atoms with Gasteiger partial charge < -0.3 is 4.90 Å². The van der Waals surface area contributed by atoms with E-state index in [-0.39, 0.29) is 12.5 Å². The monoisotopic (exact) mass is 335 g/mol. The first-order valence-corrected chi connectivity index (χ1v) is 8.87. The summed E-state index contributed by atoms with van der Waals surface area (Å²) in [6, 6.07) is 15.9. The van der Waals surface area contributed by atoms with Crippen molar-refractivity contribution in [1.82, 2.24) is 4.90 Å². The largest absolute Gasteiger partial charge is 0.317 e. The average Bonchev–Trinajstić information content (AvgIpc) is 2.70. The van der Waals surface area contributed by atoms with E-state index in [1.807, 2.05) is 30.3 Å². The number of carbonyl (C=O) groups is 1. The Balaban J connectivity index is 1.99. The van der Waals surface area contributed by atoms with E-state index in [1.165, 1.54) is 4.90 Å². The molecule has 3 rings (SSSR count). The fourth-order valence-electron chi connectivity index (χ4n) is 2.62. The molecule has 0 spiro atoms. The Morgan fingerprint density at radius 3 is 2.32 bits per heavy atom. The lowest BCUT2D eigenvalue weighted by atomic mass is 10.1. The highest BCUT2D eigenvalue weighted by Gasteiger charge is 2.44. The molecule has 22 heavy (non-hydrogen) atoms. The van der Waals surface area contributed by atoms with Crippen molar-refractivity contribution in [3.05, 3.63) is 70.7 Å². The highest BCUT2D eigenvalue weighted by molar-refractivity contribution is 7.92. The summed E-state index contributed by atoms with van der Waals surface area (Å²) in [5.41, 5.74) is 1.46. The molecule has 0 saturated carbocycles. The predicted molar refractivity (Wildman–Crippen MR) is 85.0 cm³/mol. The first-order chi connectivity index (χ1) is 10.5. The molecule has 0 N–H and O–H groups in total. The van der Waals surface area contributed by atoms with Crippen molar-refractivity contribution in [2.24, 2.45) is 0 Å². The summed E-state index contributed by atoms with van der Waals surface area (Å²) in [5.74, 6) is -0.823. The van der Waals surface area contributed by atoms with Gasteiger partial charge in [-0.05, 0) is 23.3 Å². The maximum absolute atomic E-state index is 12.4. The molecule has 0 unspecified atom stereocenters. The van der Waals surface area contributed by atoms with E-state index in [0.29, 0.717) is 10.6 Å². The van der Waals surface area contributed by atoms with E-state index in [9.17, 15) is 13.2 Å². The molecule has 0 radical (unpaired) electrons. The SMILES string of the molecule is O=C1CS(=O)(=O)[C@@H](c2ccc(Cl)cc2)N1Cc1ccccc1. The van der Waals surface area contributed by atoms with Crippen LogP contribution in [0.15, 0.2) is 54.6 Å². The molecule has 6 heteroatoms. The Kier molecular flexibility index (Phi) is 3.93. The Morgan fingerprint density at radius 1 is 1.05 bits per heavy atom. The highest BCUT2D eigenvalue weighted by atomic mass is 35.5. The van der Waals surface area contributed by atoms with Crippen LogP contribution in [-0.2, 0) is 21.2 Å². The third kappa shape index (κ3) is 2.87. The van der Waals surface area contributed by atoms with E-state index in [1.54, 1.807) is 24.3 Å². The van der Waals surface area contributed by atoms with E-state index in [2.05, 4.69) is 0 Å². The number of amides is 1. The zero-order valence-corrected chi connectivity index (χ0v) is 13.2. The number of hydrogen-bond donors (Lipinski definition) is 0. The van der Waals surface area contributed by atoms with Crippen LogP contribution in [0.3, 0.4) is 0 Å².